The molecule has 5 heteroatoms. The third-order valence-corrected chi connectivity index (χ3v) is 4.63. The van der Waals surface area contributed by atoms with Crippen LogP contribution in [0.4, 0.5) is 0 Å². The minimum absolute atomic E-state index is 0.232. The van der Waals surface area contributed by atoms with Gasteiger partial charge in [0.15, 0.2) is 0 Å². The van der Waals surface area contributed by atoms with E-state index >= 15 is 0 Å². The fourth-order valence-corrected chi connectivity index (χ4v) is 3.32. The molecule has 0 amide bonds. The van der Waals surface area contributed by atoms with Gasteiger partial charge in [0.25, 0.3) is 0 Å². The molecule has 1 N–H and O–H groups in total. The molecule has 1 fully saturated rings. The molecule has 0 saturated heterocycles. The van der Waals surface area contributed by atoms with E-state index in [0.29, 0.717) is 28.8 Å². The number of methoxy groups -OCH3 is 2. The van der Waals surface area contributed by atoms with E-state index in [-0.39, 0.29) is 5.92 Å². The predicted molar refractivity (Wildman–Crippen MR) is 79.9 cm³/mol. The van der Waals surface area contributed by atoms with Gasteiger partial charge in [-0.05, 0) is 46.3 Å². The zero-order chi connectivity index (χ0) is 15.1. The van der Waals surface area contributed by atoms with E-state index < -0.39 is 11.4 Å². The van der Waals surface area contributed by atoms with E-state index in [9.17, 15) is 9.90 Å². The van der Waals surface area contributed by atoms with Gasteiger partial charge < -0.3 is 14.6 Å². The maximum atomic E-state index is 11.6. The molecule has 0 aliphatic heterocycles. The molecule has 2 rings (SSSR count). The second-order valence-electron chi connectivity index (χ2n) is 5.44. The van der Waals surface area contributed by atoms with E-state index in [0.717, 1.165) is 11.1 Å². The molecule has 0 heterocycles. The Hall–Kier alpha value is -1.23. The number of carbonyl (C=O) groups is 1. The van der Waals surface area contributed by atoms with Gasteiger partial charge in [-0.3, -0.25) is 4.79 Å². The van der Waals surface area contributed by atoms with Crippen molar-refractivity contribution in [2.75, 3.05) is 14.2 Å². The molecule has 0 unspecified atom stereocenters. The van der Waals surface area contributed by atoms with Gasteiger partial charge in [0.05, 0.1) is 19.6 Å². The summed E-state index contributed by atoms with van der Waals surface area (Å²) < 4.78 is 11.6. The lowest BCUT2D eigenvalue weighted by molar-refractivity contribution is -0.140. The van der Waals surface area contributed by atoms with Crippen LogP contribution in [0.1, 0.15) is 43.7 Å². The molecule has 0 spiro atoms. The molecule has 1 aliphatic carbocycles. The topological polar surface area (TPSA) is 55.8 Å². The van der Waals surface area contributed by atoms with Crippen molar-refractivity contribution in [3.05, 3.63) is 21.7 Å². The first-order valence-corrected chi connectivity index (χ1v) is 7.36. The Bertz CT molecular complexity index is 547. The Balaban J connectivity index is 2.72. The maximum Gasteiger partial charge on any atom is 0.314 e. The second-order valence-corrected chi connectivity index (χ2v) is 6.23. The van der Waals surface area contributed by atoms with E-state index in [1.165, 1.54) is 0 Å². The van der Waals surface area contributed by atoms with Crippen LogP contribution >= 0.6 is 15.9 Å². The van der Waals surface area contributed by atoms with Crippen LogP contribution in [0.2, 0.25) is 0 Å². The Morgan fingerprint density at radius 3 is 2.20 bits per heavy atom. The molecule has 0 bridgehead atoms. The Labute approximate surface area is 127 Å². The second kappa shape index (κ2) is 5.28. The number of halogens is 1. The van der Waals surface area contributed by atoms with Gasteiger partial charge in [-0.15, -0.1) is 0 Å². The summed E-state index contributed by atoms with van der Waals surface area (Å²) in [5, 5.41) is 9.52. The number of carboxylic acid groups (broad SMARTS) is 1. The fourth-order valence-electron chi connectivity index (χ4n) is 2.55. The zero-order valence-electron chi connectivity index (χ0n) is 12.1. The van der Waals surface area contributed by atoms with Crippen LogP contribution in [0.15, 0.2) is 10.5 Å². The lowest BCUT2D eigenvalue weighted by Gasteiger charge is -2.22. The molecular formula is C15H19BrO4. The van der Waals surface area contributed by atoms with Crippen molar-refractivity contribution in [1.29, 1.82) is 0 Å². The number of rotatable bonds is 5. The van der Waals surface area contributed by atoms with Gasteiger partial charge in [-0.1, -0.05) is 13.8 Å². The van der Waals surface area contributed by atoms with Gasteiger partial charge in [-0.25, -0.2) is 0 Å². The molecular weight excluding hydrogens is 324 g/mol. The van der Waals surface area contributed by atoms with E-state index in [2.05, 4.69) is 29.8 Å². The highest BCUT2D eigenvalue weighted by Crippen LogP contribution is 2.55. The van der Waals surface area contributed by atoms with Crippen molar-refractivity contribution in [1.82, 2.24) is 0 Å². The highest BCUT2D eigenvalue weighted by molar-refractivity contribution is 9.10. The lowest BCUT2D eigenvalue weighted by Crippen LogP contribution is -2.21. The van der Waals surface area contributed by atoms with E-state index in [1.807, 2.05) is 6.07 Å². The molecule has 0 atom stereocenters. The third-order valence-electron chi connectivity index (χ3n) is 3.91. The van der Waals surface area contributed by atoms with Gasteiger partial charge in [-0.2, -0.15) is 0 Å². The van der Waals surface area contributed by atoms with Crippen LogP contribution in [0.3, 0.4) is 0 Å². The zero-order valence-corrected chi connectivity index (χ0v) is 13.7. The molecule has 0 aromatic heterocycles. The third kappa shape index (κ3) is 2.18. The molecule has 110 valence electrons. The Kier molecular flexibility index (Phi) is 4.00. The smallest absolute Gasteiger partial charge is 0.314 e. The van der Waals surface area contributed by atoms with Gasteiger partial charge >= 0.3 is 5.97 Å². The van der Waals surface area contributed by atoms with Crippen LogP contribution < -0.4 is 9.47 Å². The van der Waals surface area contributed by atoms with Crippen molar-refractivity contribution in [3.63, 3.8) is 0 Å². The summed E-state index contributed by atoms with van der Waals surface area (Å²) in [6.07, 6.45) is 1.30. The van der Waals surface area contributed by atoms with Crippen LogP contribution in [-0.4, -0.2) is 25.3 Å². The summed E-state index contributed by atoms with van der Waals surface area (Å²) in [4.78, 5) is 11.6. The SMILES string of the molecule is COc1c(C(C)C)cc(C2(C(=O)O)CC2)c(OC)c1Br. The quantitative estimate of drug-likeness (QED) is 0.886. The van der Waals surface area contributed by atoms with Crippen molar-refractivity contribution in [2.24, 2.45) is 0 Å². The number of carboxylic acids is 1. The number of hydrogen-bond acceptors (Lipinski definition) is 3. The Morgan fingerprint density at radius 1 is 1.30 bits per heavy atom. The van der Waals surface area contributed by atoms with Crippen molar-refractivity contribution in [2.45, 2.75) is 38.0 Å². The molecule has 1 aromatic rings. The van der Waals surface area contributed by atoms with Gasteiger partial charge in [0, 0.05) is 5.56 Å². The Morgan fingerprint density at radius 2 is 1.85 bits per heavy atom. The maximum absolute atomic E-state index is 11.6. The standard InChI is InChI=1S/C15H19BrO4/c1-8(2)9-7-10(15(5-6-15)14(17)18)13(20-4)11(16)12(9)19-3/h7-8H,5-6H2,1-4H3,(H,17,18). The van der Waals surface area contributed by atoms with Crippen LogP contribution in [0, 0.1) is 0 Å². The monoisotopic (exact) mass is 342 g/mol. The van der Waals surface area contributed by atoms with Gasteiger partial charge in [0.1, 0.15) is 16.0 Å². The lowest BCUT2D eigenvalue weighted by atomic mass is 9.90. The largest absolute Gasteiger partial charge is 0.495 e. The summed E-state index contributed by atoms with van der Waals surface area (Å²) in [5.41, 5.74) is 0.926. The van der Waals surface area contributed by atoms with Gasteiger partial charge in [0.2, 0.25) is 0 Å². The summed E-state index contributed by atoms with van der Waals surface area (Å²) in [6.45, 7) is 4.11. The predicted octanol–water partition coefficient (Wildman–Crippen LogP) is 3.71. The van der Waals surface area contributed by atoms with Crippen LogP contribution in [-0.2, 0) is 10.2 Å². The molecule has 1 aromatic carbocycles. The average Bonchev–Trinajstić information content (AvgIpc) is 3.18. The minimum Gasteiger partial charge on any atom is -0.495 e. The molecule has 1 saturated carbocycles. The first kappa shape index (κ1) is 15.2. The minimum atomic E-state index is -0.802. The van der Waals surface area contributed by atoms with E-state index in [1.54, 1.807) is 14.2 Å². The molecule has 0 radical (unpaired) electrons. The summed E-state index contributed by atoms with van der Waals surface area (Å²) in [6, 6.07) is 1.92. The number of benzene rings is 1. The van der Waals surface area contributed by atoms with Crippen LogP contribution in [0.5, 0.6) is 11.5 Å². The number of aliphatic carboxylic acids is 1. The summed E-state index contributed by atoms with van der Waals surface area (Å²) in [7, 11) is 3.16. The number of ether oxygens (including phenoxy) is 2. The normalized spacial score (nSPS) is 16.1. The van der Waals surface area contributed by atoms with E-state index in [4.69, 9.17) is 9.47 Å². The molecule has 4 nitrogen and oxygen atoms in total. The first-order valence-electron chi connectivity index (χ1n) is 6.57. The van der Waals surface area contributed by atoms with Crippen molar-refractivity contribution < 1.29 is 19.4 Å². The summed E-state index contributed by atoms with van der Waals surface area (Å²) in [5.74, 6) is 0.714. The molecule has 1 aliphatic rings. The fraction of sp³-hybridized carbons (Fsp3) is 0.533. The molecule has 20 heavy (non-hydrogen) atoms. The number of hydrogen-bond donors (Lipinski definition) is 1. The average molecular weight is 343 g/mol. The van der Waals surface area contributed by atoms with Crippen LogP contribution in [0.25, 0.3) is 0 Å². The highest BCUT2D eigenvalue weighted by Gasteiger charge is 2.54. The van der Waals surface area contributed by atoms with Crippen molar-refractivity contribution >= 4 is 21.9 Å². The van der Waals surface area contributed by atoms with Crippen molar-refractivity contribution in [3.8, 4) is 11.5 Å². The highest BCUT2D eigenvalue weighted by atomic mass is 79.9. The first-order chi connectivity index (χ1) is 9.39. The summed E-state index contributed by atoms with van der Waals surface area (Å²) >= 11 is 3.50.